The van der Waals surface area contributed by atoms with E-state index in [1.54, 1.807) is 18.3 Å². The zero-order valence-corrected chi connectivity index (χ0v) is 8.63. The van der Waals surface area contributed by atoms with Crippen LogP contribution in [0.2, 0.25) is 0 Å². The van der Waals surface area contributed by atoms with Gasteiger partial charge in [0.2, 0.25) is 0 Å². The second-order valence-corrected chi connectivity index (χ2v) is 4.00. The molecule has 0 aliphatic carbocycles. The van der Waals surface area contributed by atoms with Crippen molar-refractivity contribution in [1.29, 1.82) is 0 Å². The van der Waals surface area contributed by atoms with Crippen LogP contribution >= 0.6 is 0 Å². The molecule has 0 radical (unpaired) electrons. The summed E-state index contributed by atoms with van der Waals surface area (Å²) in [5.41, 5.74) is 1.47. The van der Waals surface area contributed by atoms with Crippen LogP contribution in [0.1, 0.15) is 23.6 Å². The molecule has 1 aromatic rings. The highest BCUT2D eigenvalue weighted by atomic mass is 19.3. The molecule has 0 amide bonds. The summed E-state index contributed by atoms with van der Waals surface area (Å²) in [6, 6.07) is 3.42. The van der Waals surface area contributed by atoms with Gasteiger partial charge in [-0.3, -0.25) is 4.98 Å². The van der Waals surface area contributed by atoms with E-state index in [2.05, 4.69) is 10.3 Å². The first-order valence-electron chi connectivity index (χ1n) is 5.11. The normalized spacial score (nSPS) is 25.1. The van der Waals surface area contributed by atoms with Crippen molar-refractivity contribution in [3.8, 4) is 0 Å². The number of rotatable bonds is 1. The highest BCUT2D eigenvalue weighted by Crippen LogP contribution is 2.37. The zero-order valence-electron chi connectivity index (χ0n) is 8.63. The van der Waals surface area contributed by atoms with Crippen LogP contribution in [0.5, 0.6) is 0 Å². The summed E-state index contributed by atoms with van der Waals surface area (Å²) < 4.78 is 27.3. The second kappa shape index (κ2) is 3.85. The number of halogens is 2. The Morgan fingerprint density at radius 3 is 3.00 bits per heavy atom. The summed E-state index contributed by atoms with van der Waals surface area (Å²) in [4.78, 5) is 4.02. The zero-order chi connectivity index (χ0) is 10.9. The fourth-order valence-electron chi connectivity index (χ4n) is 1.97. The fourth-order valence-corrected chi connectivity index (χ4v) is 1.97. The van der Waals surface area contributed by atoms with Crippen molar-refractivity contribution >= 4 is 0 Å². The van der Waals surface area contributed by atoms with Crippen molar-refractivity contribution in [3.63, 3.8) is 0 Å². The molecule has 4 heteroatoms. The van der Waals surface area contributed by atoms with E-state index in [1.165, 1.54) is 0 Å². The van der Waals surface area contributed by atoms with Gasteiger partial charge >= 0.3 is 0 Å². The van der Waals surface area contributed by atoms with Gasteiger partial charge < -0.3 is 5.32 Å². The van der Waals surface area contributed by atoms with E-state index in [9.17, 15) is 8.78 Å². The van der Waals surface area contributed by atoms with Gasteiger partial charge in [-0.15, -0.1) is 0 Å². The Bertz CT molecular complexity index is 352. The molecular formula is C11H14F2N2. The highest BCUT2D eigenvalue weighted by Gasteiger charge is 2.42. The van der Waals surface area contributed by atoms with E-state index in [0.29, 0.717) is 18.7 Å². The van der Waals surface area contributed by atoms with Crippen LogP contribution in [0, 0.1) is 6.92 Å². The summed E-state index contributed by atoms with van der Waals surface area (Å²) in [6.45, 7) is 2.56. The molecule has 0 spiro atoms. The van der Waals surface area contributed by atoms with Gasteiger partial charge in [0.15, 0.2) is 0 Å². The lowest BCUT2D eigenvalue weighted by molar-refractivity contribution is -0.0479. The minimum atomic E-state index is -2.60. The molecule has 0 bridgehead atoms. The van der Waals surface area contributed by atoms with Crippen LogP contribution in [0.4, 0.5) is 8.78 Å². The minimum Gasteiger partial charge on any atom is -0.316 e. The van der Waals surface area contributed by atoms with Gasteiger partial charge in [0.25, 0.3) is 5.92 Å². The molecule has 2 nitrogen and oxygen atoms in total. The molecule has 1 aliphatic rings. The lowest BCUT2D eigenvalue weighted by Crippen LogP contribution is -2.42. The third kappa shape index (κ3) is 2.15. The van der Waals surface area contributed by atoms with E-state index >= 15 is 0 Å². The van der Waals surface area contributed by atoms with Gasteiger partial charge in [0, 0.05) is 31.4 Å². The quantitative estimate of drug-likeness (QED) is 0.771. The summed E-state index contributed by atoms with van der Waals surface area (Å²) in [5.74, 6) is -3.31. The van der Waals surface area contributed by atoms with Gasteiger partial charge in [0.05, 0.1) is 5.92 Å². The second-order valence-electron chi connectivity index (χ2n) is 4.00. The molecule has 1 unspecified atom stereocenters. The maximum atomic E-state index is 13.6. The standard InChI is InChI=1S/C11H14F2N2/c1-8-6-9(2-4-15-8)10-7-14-5-3-11(10,12)13/h2,4,6,10,14H,3,5,7H2,1H3. The predicted octanol–water partition coefficient (Wildman–Crippen LogP) is 2.10. The summed E-state index contributed by atoms with van der Waals surface area (Å²) in [7, 11) is 0. The van der Waals surface area contributed by atoms with Crippen molar-refractivity contribution in [1.82, 2.24) is 10.3 Å². The summed E-state index contributed by atoms with van der Waals surface area (Å²) in [6.07, 6.45) is 1.51. The van der Waals surface area contributed by atoms with Crippen molar-refractivity contribution in [3.05, 3.63) is 29.6 Å². The van der Waals surface area contributed by atoms with Crippen LogP contribution in [0.3, 0.4) is 0 Å². The van der Waals surface area contributed by atoms with E-state index in [0.717, 1.165) is 5.69 Å². The van der Waals surface area contributed by atoms with E-state index in [4.69, 9.17) is 0 Å². The van der Waals surface area contributed by atoms with Crippen LogP contribution in [-0.4, -0.2) is 24.0 Å². The Balaban J connectivity index is 2.29. The molecular weight excluding hydrogens is 198 g/mol. The van der Waals surface area contributed by atoms with Crippen LogP contribution in [0.15, 0.2) is 18.3 Å². The van der Waals surface area contributed by atoms with Gasteiger partial charge in [-0.05, 0) is 24.6 Å². The third-order valence-electron chi connectivity index (χ3n) is 2.82. The number of pyridine rings is 1. The Kier molecular flexibility index (Phi) is 2.69. The number of hydrogen-bond acceptors (Lipinski definition) is 2. The van der Waals surface area contributed by atoms with Crippen LogP contribution in [0.25, 0.3) is 0 Å². The first kappa shape index (κ1) is 10.5. The molecule has 15 heavy (non-hydrogen) atoms. The van der Waals surface area contributed by atoms with Gasteiger partial charge in [-0.1, -0.05) is 0 Å². The monoisotopic (exact) mass is 212 g/mol. The number of piperidine rings is 1. The Labute approximate surface area is 87.7 Å². The topological polar surface area (TPSA) is 24.9 Å². The highest BCUT2D eigenvalue weighted by molar-refractivity contribution is 5.23. The van der Waals surface area contributed by atoms with Crippen molar-refractivity contribution < 1.29 is 8.78 Å². The van der Waals surface area contributed by atoms with Crippen molar-refractivity contribution in [2.45, 2.75) is 25.2 Å². The molecule has 1 atom stereocenters. The molecule has 82 valence electrons. The van der Waals surface area contributed by atoms with Gasteiger partial charge in [-0.2, -0.15) is 0 Å². The molecule has 2 heterocycles. The number of nitrogens with zero attached hydrogens (tertiary/aromatic N) is 1. The maximum Gasteiger partial charge on any atom is 0.257 e. The van der Waals surface area contributed by atoms with E-state index in [-0.39, 0.29) is 6.42 Å². The molecule has 1 aromatic heterocycles. The third-order valence-corrected chi connectivity index (χ3v) is 2.82. The summed E-state index contributed by atoms with van der Waals surface area (Å²) in [5, 5.41) is 3.01. The number of aromatic nitrogens is 1. The predicted molar refractivity (Wildman–Crippen MR) is 54.1 cm³/mol. The first-order valence-corrected chi connectivity index (χ1v) is 5.11. The Morgan fingerprint density at radius 2 is 2.33 bits per heavy atom. The number of hydrogen-bond donors (Lipinski definition) is 1. The fraction of sp³-hybridized carbons (Fsp3) is 0.545. The van der Waals surface area contributed by atoms with Crippen molar-refractivity contribution in [2.24, 2.45) is 0 Å². The average Bonchev–Trinajstić information content (AvgIpc) is 2.17. The first-order chi connectivity index (χ1) is 7.09. The molecule has 0 aromatic carbocycles. The van der Waals surface area contributed by atoms with Gasteiger partial charge in [0.1, 0.15) is 0 Å². The molecule has 1 fully saturated rings. The number of alkyl halides is 2. The Hall–Kier alpha value is -1.03. The summed E-state index contributed by atoms with van der Waals surface area (Å²) >= 11 is 0. The SMILES string of the molecule is Cc1cc(C2CNCCC2(F)F)ccn1. The molecule has 2 rings (SSSR count). The average molecular weight is 212 g/mol. The number of nitrogens with one attached hydrogen (secondary N) is 1. The van der Waals surface area contributed by atoms with Crippen molar-refractivity contribution in [2.75, 3.05) is 13.1 Å². The molecule has 1 aliphatic heterocycles. The smallest absolute Gasteiger partial charge is 0.257 e. The molecule has 0 saturated carbocycles. The van der Waals surface area contributed by atoms with E-state index in [1.807, 2.05) is 6.92 Å². The lowest BCUT2D eigenvalue weighted by atomic mass is 9.88. The van der Waals surface area contributed by atoms with E-state index < -0.39 is 11.8 Å². The minimum absolute atomic E-state index is 0.0843. The van der Waals surface area contributed by atoms with Crippen LogP contribution in [-0.2, 0) is 0 Å². The maximum absolute atomic E-state index is 13.6. The molecule has 1 N–H and O–H groups in total. The largest absolute Gasteiger partial charge is 0.316 e. The lowest BCUT2D eigenvalue weighted by Gasteiger charge is -2.32. The van der Waals surface area contributed by atoms with Crippen LogP contribution < -0.4 is 5.32 Å². The molecule has 1 saturated heterocycles. The van der Waals surface area contributed by atoms with Gasteiger partial charge in [-0.25, -0.2) is 8.78 Å². The Morgan fingerprint density at radius 1 is 1.53 bits per heavy atom. The number of aryl methyl sites for hydroxylation is 1.